The summed E-state index contributed by atoms with van der Waals surface area (Å²) in [5.41, 5.74) is 2.89. The van der Waals surface area contributed by atoms with Gasteiger partial charge in [0.05, 0.1) is 17.3 Å². The summed E-state index contributed by atoms with van der Waals surface area (Å²) in [6.07, 6.45) is 0.0376. The largest absolute Gasteiger partial charge is 0.455 e. The molecule has 1 atom stereocenters. The van der Waals surface area contributed by atoms with Crippen LogP contribution in [0.15, 0.2) is 48.5 Å². The van der Waals surface area contributed by atoms with Gasteiger partial charge in [-0.1, -0.05) is 29.8 Å². The minimum Gasteiger partial charge on any atom is -0.455 e. The second kappa shape index (κ2) is 7.98. The lowest BCUT2D eigenvalue weighted by Crippen LogP contribution is -2.44. The van der Waals surface area contributed by atoms with E-state index in [0.717, 1.165) is 11.3 Å². The van der Waals surface area contributed by atoms with Gasteiger partial charge in [0.2, 0.25) is 11.8 Å². The monoisotopic (exact) mass is 407 g/mol. The summed E-state index contributed by atoms with van der Waals surface area (Å²) in [5.74, 6) is -2.20. The molecule has 2 aromatic carbocycles. The van der Waals surface area contributed by atoms with E-state index in [9.17, 15) is 19.2 Å². The Morgan fingerprint density at radius 2 is 1.83 bits per heavy atom. The van der Waals surface area contributed by atoms with E-state index in [1.54, 1.807) is 29.2 Å². The molecule has 8 nitrogen and oxygen atoms in total. The summed E-state index contributed by atoms with van der Waals surface area (Å²) < 4.78 is 5.20. The molecule has 3 amide bonds. The summed E-state index contributed by atoms with van der Waals surface area (Å²) in [6.45, 7) is 1.53. The third kappa shape index (κ3) is 3.89. The number of rotatable bonds is 4. The summed E-state index contributed by atoms with van der Waals surface area (Å²) in [4.78, 5) is 52.1. The van der Waals surface area contributed by atoms with Gasteiger partial charge in [-0.05, 0) is 31.2 Å². The Kier molecular flexibility index (Phi) is 5.22. The number of nitrogens with one attached hydrogen (secondary N) is 1. The van der Waals surface area contributed by atoms with Crippen LogP contribution < -0.4 is 15.1 Å². The molecule has 154 valence electrons. The molecule has 0 spiro atoms. The predicted molar refractivity (Wildman–Crippen MR) is 110 cm³/mol. The maximum atomic E-state index is 12.6. The van der Waals surface area contributed by atoms with Crippen LogP contribution in [0.25, 0.3) is 0 Å². The lowest BCUT2D eigenvalue weighted by molar-refractivity contribution is -0.151. The van der Waals surface area contributed by atoms with Crippen LogP contribution in [0.4, 0.5) is 17.1 Å². The Morgan fingerprint density at radius 1 is 1.10 bits per heavy atom. The molecule has 8 heteroatoms. The number of para-hydroxylation sites is 2. The molecule has 2 aliphatic heterocycles. The molecule has 0 radical (unpaired) electrons. The maximum Gasteiger partial charge on any atom is 0.311 e. The lowest BCUT2D eigenvalue weighted by Gasteiger charge is -2.29. The standard InChI is InChI=1S/C22H21N3O5/c1-14-6-8-16(9-7-14)24-11-15(10-20(24)27)22(29)30-13-21(28)25-12-19(26)23-17-4-2-3-5-18(17)25/h2-9,15H,10-13H2,1H3,(H,23,26)/t15-/m1/s1. The molecule has 30 heavy (non-hydrogen) atoms. The van der Waals surface area contributed by atoms with Crippen LogP contribution in [0.3, 0.4) is 0 Å². The molecule has 0 unspecified atom stereocenters. The van der Waals surface area contributed by atoms with Gasteiger partial charge in [0.1, 0.15) is 6.54 Å². The highest BCUT2D eigenvalue weighted by molar-refractivity contribution is 6.10. The molecular weight excluding hydrogens is 386 g/mol. The highest BCUT2D eigenvalue weighted by Gasteiger charge is 2.37. The molecule has 1 fully saturated rings. The van der Waals surface area contributed by atoms with Crippen LogP contribution in [-0.4, -0.2) is 43.4 Å². The van der Waals surface area contributed by atoms with E-state index in [1.807, 2.05) is 31.2 Å². The second-order valence-electron chi connectivity index (χ2n) is 7.39. The van der Waals surface area contributed by atoms with Gasteiger partial charge in [0, 0.05) is 18.7 Å². The van der Waals surface area contributed by atoms with Gasteiger partial charge in [0.25, 0.3) is 5.91 Å². The van der Waals surface area contributed by atoms with E-state index in [-0.39, 0.29) is 31.3 Å². The Bertz CT molecular complexity index is 1020. The number of esters is 1. The SMILES string of the molecule is Cc1ccc(N2C[C@H](C(=O)OCC(=O)N3CC(=O)Nc4ccccc43)CC2=O)cc1. The summed E-state index contributed by atoms with van der Waals surface area (Å²) in [5, 5.41) is 2.70. The van der Waals surface area contributed by atoms with E-state index in [0.29, 0.717) is 11.4 Å². The molecular formula is C22H21N3O5. The number of hydrogen-bond donors (Lipinski definition) is 1. The second-order valence-corrected chi connectivity index (χ2v) is 7.39. The van der Waals surface area contributed by atoms with Crippen LogP contribution >= 0.6 is 0 Å². The zero-order valence-corrected chi connectivity index (χ0v) is 16.5. The number of amides is 3. The van der Waals surface area contributed by atoms with Crippen molar-refractivity contribution >= 4 is 40.8 Å². The molecule has 1 N–H and O–H groups in total. The summed E-state index contributed by atoms with van der Waals surface area (Å²) in [7, 11) is 0. The molecule has 2 heterocycles. The van der Waals surface area contributed by atoms with Crippen molar-refractivity contribution in [1.29, 1.82) is 0 Å². The van der Waals surface area contributed by atoms with Crippen LogP contribution in [0, 0.1) is 12.8 Å². The third-order valence-corrected chi connectivity index (χ3v) is 5.21. The van der Waals surface area contributed by atoms with Crippen LogP contribution in [0.2, 0.25) is 0 Å². The average Bonchev–Trinajstić information content (AvgIpc) is 3.13. The first-order chi connectivity index (χ1) is 14.4. The van der Waals surface area contributed by atoms with Gasteiger partial charge in [-0.2, -0.15) is 0 Å². The van der Waals surface area contributed by atoms with Crippen LogP contribution in [0.5, 0.6) is 0 Å². The van der Waals surface area contributed by atoms with Gasteiger partial charge in [-0.3, -0.25) is 24.1 Å². The van der Waals surface area contributed by atoms with Crippen molar-refractivity contribution in [2.45, 2.75) is 13.3 Å². The van der Waals surface area contributed by atoms with Crippen molar-refractivity contribution in [2.75, 3.05) is 34.8 Å². The predicted octanol–water partition coefficient (Wildman–Crippen LogP) is 1.88. The first-order valence-corrected chi connectivity index (χ1v) is 9.65. The Hall–Kier alpha value is -3.68. The normalized spacial score (nSPS) is 18.1. The van der Waals surface area contributed by atoms with Crippen LogP contribution in [-0.2, 0) is 23.9 Å². The third-order valence-electron chi connectivity index (χ3n) is 5.21. The fourth-order valence-electron chi connectivity index (χ4n) is 3.62. The van der Waals surface area contributed by atoms with Crippen molar-refractivity contribution in [1.82, 2.24) is 0 Å². The number of aryl methyl sites for hydroxylation is 1. The van der Waals surface area contributed by atoms with E-state index < -0.39 is 24.4 Å². The molecule has 0 bridgehead atoms. The molecule has 2 aliphatic rings. The summed E-state index contributed by atoms with van der Waals surface area (Å²) in [6, 6.07) is 14.4. The average molecular weight is 407 g/mol. The highest BCUT2D eigenvalue weighted by atomic mass is 16.5. The number of fused-ring (bicyclic) bond motifs is 1. The molecule has 0 aliphatic carbocycles. The van der Waals surface area contributed by atoms with Gasteiger partial charge < -0.3 is 15.0 Å². The topological polar surface area (TPSA) is 96.0 Å². The molecule has 2 aromatic rings. The number of nitrogens with zero attached hydrogens (tertiary/aromatic N) is 2. The van der Waals surface area contributed by atoms with Crippen molar-refractivity contribution in [3.63, 3.8) is 0 Å². The van der Waals surface area contributed by atoms with Crippen molar-refractivity contribution in [2.24, 2.45) is 5.92 Å². The van der Waals surface area contributed by atoms with Crippen LogP contribution in [0.1, 0.15) is 12.0 Å². The number of anilines is 3. The smallest absolute Gasteiger partial charge is 0.311 e. The van der Waals surface area contributed by atoms with Crippen molar-refractivity contribution < 1.29 is 23.9 Å². The zero-order chi connectivity index (χ0) is 21.3. The first-order valence-electron chi connectivity index (χ1n) is 9.65. The van der Waals surface area contributed by atoms with Gasteiger partial charge in [-0.25, -0.2) is 0 Å². The van der Waals surface area contributed by atoms with Gasteiger partial charge in [0.15, 0.2) is 6.61 Å². The number of benzene rings is 2. The minimum atomic E-state index is -0.636. The first kappa shape index (κ1) is 19.6. The van der Waals surface area contributed by atoms with E-state index >= 15 is 0 Å². The van der Waals surface area contributed by atoms with Crippen molar-refractivity contribution in [3.05, 3.63) is 54.1 Å². The van der Waals surface area contributed by atoms with E-state index in [1.165, 1.54) is 4.90 Å². The van der Waals surface area contributed by atoms with E-state index in [2.05, 4.69) is 5.32 Å². The van der Waals surface area contributed by atoms with Crippen molar-refractivity contribution in [3.8, 4) is 0 Å². The van der Waals surface area contributed by atoms with Gasteiger partial charge in [-0.15, -0.1) is 0 Å². The lowest BCUT2D eigenvalue weighted by atomic mass is 10.1. The fraction of sp³-hybridized carbons (Fsp3) is 0.273. The molecule has 4 rings (SSSR count). The minimum absolute atomic E-state index is 0.0376. The van der Waals surface area contributed by atoms with E-state index in [4.69, 9.17) is 4.74 Å². The zero-order valence-electron chi connectivity index (χ0n) is 16.5. The molecule has 1 saturated heterocycles. The Morgan fingerprint density at radius 3 is 2.60 bits per heavy atom. The Balaban J connectivity index is 1.37. The Labute approximate surface area is 173 Å². The highest BCUT2D eigenvalue weighted by Crippen LogP contribution is 2.29. The maximum absolute atomic E-state index is 12.6. The fourth-order valence-corrected chi connectivity index (χ4v) is 3.62. The summed E-state index contributed by atoms with van der Waals surface area (Å²) >= 11 is 0. The number of ether oxygens (including phenoxy) is 1. The molecule has 0 saturated carbocycles. The number of carbonyl (C=O) groups excluding carboxylic acids is 4. The number of carbonyl (C=O) groups is 4. The number of hydrogen-bond acceptors (Lipinski definition) is 5. The van der Waals surface area contributed by atoms with Gasteiger partial charge >= 0.3 is 5.97 Å². The molecule has 0 aromatic heterocycles. The quantitative estimate of drug-likeness (QED) is 0.781.